The van der Waals surface area contributed by atoms with Gasteiger partial charge in [-0.3, -0.25) is 14.5 Å². The fraction of sp³-hybridized carbons (Fsp3) is 0.360. The molecule has 2 amide bonds. The molecule has 0 spiro atoms. The van der Waals surface area contributed by atoms with E-state index in [1.165, 1.54) is 4.90 Å². The summed E-state index contributed by atoms with van der Waals surface area (Å²) < 4.78 is 11.2. The first kappa shape index (κ1) is 22.6. The van der Waals surface area contributed by atoms with Crippen LogP contribution in [0.1, 0.15) is 39.2 Å². The zero-order valence-corrected chi connectivity index (χ0v) is 18.4. The minimum atomic E-state index is -0.320. The van der Waals surface area contributed by atoms with E-state index in [1.807, 2.05) is 75.4 Å². The van der Waals surface area contributed by atoms with Crippen molar-refractivity contribution < 1.29 is 19.1 Å². The minimum Gasteiger partial charge on any atom is -0.494 e. The van der Waals surface area contributed by atoms with E-state index in [-0.39, 0.29) is 17.9 Å². The van der Waals surface area contributed by atoms with Crippen molar-refractivity contribution in [2.45, 2.75) is 39.7 Å². The number of nitrogens with one attached hydrogen (secondary N) is 1. The highest BCUT2D eigenvalue weighted by atomic mass is 16.5. The lowest BCUT2D eigenvalue weighted by atomic mass is 10.0. The first-order valence-corrected chi connectivity index (χ1v) is 10.8. The van der Waals surface area contributed by atoms with E-state index >= 15 is 0 Å². The summed E-state index contributed by atoms with van der Waals surface area (Å²) in [6.45, 7) is 7.40. The number of carbonyl (C=O) groups is 2. The number of carbonyl (C=O) groups excluding carboxylic acids is 2. The SMILES string of the molecule is CCCOc1ccc(C2=C(Nc3ccccc3)C(=O)N(CCCOC(C)C)C2=O)cc1. The smallest absolute Gasteiger partial charge is 0.278 e. The number of amides is 2. The average molecular weight is 423 g/mol. The number of imide groups is 1. The fourth-order valence-electron chi connectivity index (χ4n) is 3.31. The topological polar surface area (TPSA) is 67.9 Å². The lowest BCUT2D eigenvalue weighted by Gasteiger charge is -2.16. The molecule has 0 aromatic heterocycles. The van der Waals surface area contributed by atoms with Gasteiger partial charge in [-0.25, -0.2) is 0 Å². The molecule has 0 radical (unpaired) electrons. The zero-order valence-electron chi connectivity index (χ0n) is 18.4. The largest absolute Gasteiger partial charge is 0.494 e. The van der Waals surface area contributed by atoms with Crippen LogP contribution in [-0.2, 0) is 14.3 Å². The van der Waals surface area contributed by atoms with E-state index in [0.717, 1.165) is 17.9 Å². The molecule has 0 saturated carbocycles. The number of rotatable bonds is 11. The molecule has 1 N–H and O–H groups in total. The number of para-hydroxylation sites is 1. The van der Waals surface area contributed by atoms with Crippen LogP contribution in [0.15, 0.2) is 60.3 Å². The van der Waals surface area contributed by atoms with Gasteiger partial charge in [0.25, 0.3) is 11.8 Å². The quantitative estimate of drug-likeness (QED) is 0.427. The van der Waals surface area contributed by atoms with E-state index < -0.39 is 0 Å². The van der Waals surface area contributed by atoms with Gasteiger partial charge in [0.15, 0.2) is 0 Å². The van der Waals surface area contributed by atoms with Gasteiger partial charge in [0.05, 0.1) is 18.3 Å². The Bertz CT molecular complexity index is 920. The third-order valence-electron chi connectivity index (χ3n) is 4.80. The standard InChI is InChI=1S/C25H30N2O4/c1-4-16-31-21-13-11-19(12-14-21)22-23(26-20-9-6-5-7-10-20)25(29)27(24(22)28)15-8-17-30-18(2)3/h5-7,9-14,18,26H,4,8,15-17H2,1-3H3. The maximum absolute atomic E-state index is 13.2. The molecule has 0 aliphatic carbocycles. The summed E-state index contributed by atoms with van der Waals surface area (Å²) in [6, 6.07) is 16.7. The highest BCUT2D eigenvalue weighted by Crippen LogP contribution is 2.31. The van der Waals surface area contributed by atoms with Gasteiger partial charge in [0.2, 0.25) is 0 Å². The molecule has 1 aliphatic rings. The number of ether oxygens (including phenoxy) is 2. The van der Waals surface area contributed by atoms with Gasteiger partial charge in [0, 0.05) is 18.8 Å². The molecular formula is C25H30N2O4. The van der Waals surface area contributed by atoms with Crippen LogP contribution in [0.25, 0.3) is 5.57 Å². The fourth-order valence-corrected chi connectivity index (χ4v) is 3.31. The first-order chi connectivity index (χ1) is 15.0. The molecule has 6 heteroatoms. The Kier molecular flexibility index (Phi) is 7.84. The van der Waals surface area contributed by atoms with Crippen molar-refractivity contribution in [1.82, 2.24) is 4.90 Å². The summed E-state index contributed by atoms with van der Waals surface area (Å²) >= 11 is 0. The van der Waals surface area contributed by atoms with E-state index in [2.05, 4.69) is 5.32 Å². The predicted octanol–water partition coefficient (Wildman–Crippen LogP) is 4.48. The number of hydrogen-bond acceptors (Lipinski definition) is 5. The lowest BCUT2D eigenvalue weighted by Crippen LogP contribution is -2.34. The second-order valence-corrected chi connectivity index (χ2v) is 7.65. The third kappa shape index (κ3) is 5.73. The number of hydrogen-bond donors (Lipinski definition) is 1. The van der Waals surface area contributed by atoms with Gasteiger partial charge in [-0.15, -0.1) is 0 Å². The molecule has 0 unspecified atom stereocenters. The second-order valence-electron chi connectivity index (χ2n) is 7.65. The number of anilines is 1. The Labute approximate surface area is 183 Å². The highest BCUT2D eigenvalue weighted by Gasteiger charge is 2.38. The molecular weight excluding hydrogens is 392 g/mol. The number of benzene rings is 2. The highest BCUT2D eigenvalue weighted by molar-refractivity contribution is 6.36. The monoisotopic (exact) mass is 422 g/mol. The van der Waals surface area contributed by atoms with Crippen LogP contribution in [0.2, 0.25) is 0 Å². The van der Waals surface area contributed by atoms with Crippen LogP contribution >= 0.6 is 0 Å². The Balaban J connectivity index is 1.86. The summed E-state index contributed by atoms with van der Waals surface area (Å²) in [7, 11) is 0. The van der Waals surface area contributed by atoms with Crippen molar-refractivity contribution in [3.63, 3.8) is 0 Å². The summed E-state index contributed by atoms with van der Waals surface area (Å²) in [5, 5.41) is 3.16. The van der Waals surface area contributed by atoms with Crippen molar-refractivity contribution in [2.75, 3.05) is 25.1 Å². The molecule has 0 atom stereocenters. The van der Waals surface area contributed by atoms with Crippen LogP contribution in [0.5, 0.6) is 5.75 Å². The van der Waals surface area contributed by atoms with E-state index in [4.69, 9.17) is 9.47 Å². The molecule has 0 bridgehead atoms. The van der Waals surface area contributed by atoms with Crippen LogP contribution in [-0.4, -0.2) is 42.6 Å². The summed E-state index contributed by atoms with van der Waals surface area (Å²) in [5.74, 6) is 0.123. The Morgan fingerprint density at radius 1 is 0.935 bits per heavy atom. The van der Waals surface area contributed by atoms with E-state index in [0.29, 0.717) is 43.0 Å². The van der Waals surface area contributed by atoms with E-state index in [1.54, 1.807) is 0 Å². The molecule has 1 heterocycles. The maximum Gasteiger partial charge on any atom is 0.278 e. The molecule has 0 saturated heterocycles. The minimum absolute atomic E-state index is 0.113. The molecule has 0 fully saturated rings. The molecule has 6 nitrogen and oxygen atoms in total. The Morgan fingerprint density at radius 2 is 1.65 bits per heavy atom. The maximum atomic E-state index is 13.2. The first-order valence-electron chi connectivity index (χ1n) is 10.8. The lowest BCUT2D eigenvalue weighted by molar-refractivity contribution is -0.137. The van der Waals surface area contributed by atoms with Gasteiger partial charge >= 0.3 is 0 Å². The molecule has 31 heavy (non-hydrogen) atoms. The van der Waals surface area contributed by atoms with Crippen LogP contribution in [0.3, 0.4) is 0 Å². The van der Waals surface area contributed by atoms with Crippen LogP contribution < -0.4 is 10.1 Å². The Hall–Kier alpha value is -3.12. The molecule has 1 aliphatic heterocycles. The molecule has 3 rings (SSSR count). The van der Waals surface area contributed by atoms with Crippen molar-refractivity contribution in [3.8, 4) is 5.75 Å². The van der Waals surface area contributed by atoms with Crippen LogP contribution in [0.4, 0.5) is 5.69 Å². The number of nitrogens with zero attached hydrogens (tertiary/aromatic N) is 1. The predicted molar refractivity (Wildman–Crippen MR) is 122 cm³/mol. The van der Waals surface area contributed by atoms with E-state index in [9.17, 15) is 9.59 Å². The van der Waals surface area contributed by atoms with Gasteiger partial charge in [-0.2, -0.15) is 0 Å². The zero-order chi connectivity index (χ0) is 22.2. The van der Waals surface area contributed by atoms with Crippen molar-refractivity contribution in [3.05, 3.63) is 65.9 Å². The van der Waals surface area contributed by atoms with Crippen molar-refractivity contribution >= 4 is 23.1 Å². The molecule has 2 aromatic rings. The van der Waals surface area contributed by atoms with Gasteiger partial charge in [-0.1, -0.05) is 37.3 Å². The van der Waals surface area contributed by atoms with Gasteiger partial charge in [0.1, 0.15) is 11.4 Å². The third-order valence-corrected chi connectivity index (χ3v) is 4.80. The Morgan fingerprint density at radius 3 is 2.29 bits per heavy atom. The molecule has 164 valence electrons. The average Bonchev–Trinajstić information content (AvgIpc) is 3.00. The van der Waals surface area contributed by atoms with Gasteiger partial charge in [-0.05, 0) is 56.5 Å². The van der Waals surface area contributed by atoms with Crippen LogP contribution in [0, 0.1) is 0 Å². The molecule has 2 aromatic carbocycles. The van der Waals surface area contributed by atoms with Crippen molar-refractivity contribution in [2.24, 2.45) is 0 Å². The summed E-state index contributed by atoms with van der Waals surface area (Å²) in [5.41, 5.74) is 2.11. The van der Waals surface area contributed by atoms with Gasteiger partial charge < -0.3 is 14.8 Å². The van der Waals surface area contributed by atoms with Crippen molar-refractivity contribution in [1.29, 1.82) is 0 Å². The summed E-state index contributed by atoms with van der Waals surface area (Å²) in [4.78, 5) is 27.7. The summed E-state index contributed by atoms with van der Waals surface area (Å²) in [6.07, 6.45) is 1.62. The second kappa shape index (κ2) is 10.8. The normalized spacial score (nSPS) is 14.0.